The zero-order chi connectivity index (χ0) is 16.0. The molecule has 7 heteroatoms. The van der Waals surface area contributed by atoms with Crippen LogP contribution in [0.5, 0.6) is 5.75 Å². The minimum absolute atomic E-state index is 0.0956. The molecule has 0 saturated heterocycles. The molecule has 1 aromatic rings. The fraction of sp³-hybridized carbons (Fsp3) is 0.429. The number of rotatable bonds is 7. The Morgan fingerprint density at radius 1 is 1.38 bits per heavy atom. The van der Waals surface area contributed by atoms with E-state index in [1.165, 1.54) is 32.2 Å². The van der Waals surface area contributed by atoms with Crippen LogP contribution in [0.4, 0.5) is 5.69 Å². The Labute approximate surface area is 122 Å². The van der Waals surface area contributed by atoms with Crippen LogP contribution in [0.1, 0.15) is 19.4 Å². The summed E-state index contributed by atoms with van der Waals surface area (Å²) in [4.78, 5) is 33.9. The van der Waals surface area contributed by atoms with Gasteiger partial charge in [0, 0.05) is 11.6 Å². The van der Waals surface area contributed by atoms with Crippen LogP contribution >= 0.6 is 0 Å². The van der Waals surface area contributed by atoms with Gasteiger partial charge < -0.3 is 9.47 Å². The molecule has 1 unspecified atom stereocenters. The summed E-state index contributed by atoms with van der Waals surface area (Å²) in [5, 5.41) is 11.0. The lowest BCUT2D eigenvalue weighted by Gasteiger charge is -2.13. The van der Waals surface area contributed by atoms with Gasteiger partial charge in [-0.25, -0.2) is 0 Å². The predicted molar refractivity (Wildman–Crippen MR) is 74.2 cm³/mol. The highest BCUT2D eigenvalue weighted by molar-refractivity contribution is 5.98. The van der Waals surface area contributed by atoms with Gasteiger partial charge in [-0.2, -0.15) is 0 Å². The minimum atomic E-state index is -1.06. The van der Waals surface area contributed by atoms with Crippen LogP contribution in [0, 0.1) is 16.0 Å². The van der Waals surface area contributed by atoms with Crippen molar-refractivity contribution in [2.45, 2.75) is 20.3 Å². The summed E-state index contributed by atoms with van der Waals surface area (Å²) in [7, 11) is 1.43. The third-order valence-electron chi connectivity index (χ3n) is 2.97. The predicted octanol–water partition coefficient (Wildman–Crippen LogP) is 1.91. The lowest BCUT2D eigenvalue weighted by molar-refractivity contribution is -0.385. The number of Topliss-reactive ketones (excluding diaryl/α,β-unsaturated/α-hetero) is 1. The van der Waals surface area contributed by atoms with Gasteiger partial charge in [-0.15, -0.1) is 0 Å². The van der Waals surface area contributed by atoms with Crippen molar-refractivity contribution in [3.8, 4) is 5.75 Å². The smallest absolute Gasteiger partial charge is 0.316 e. The van der Waals surface area contributed by atoms with E-state index in [4.69, 9.17) is 9.47 Å². The Morgan fingerprint density at radius 2 is 2.05 bits per heavy atom. The molecule has 0 aliphatic heterocycles. The maximum atomic E-state index is 11.8. The monoisotopic (exact) mass is 295 g/mol. The van der Waals surface area contributed by atoms with Crippen LogP contribution in [0.2, 0.25) is 0 Å². The zero-order valence-electron chi connectivity index (χ0n) is 12.1. The number of benzene rings is 1. The van der Waals surface area contributed by atoms with Gasteiger partial charge in [0.1, 0.15) is 17.5 Å². The Bertz CT molecular complexity index is 554. The van der Waals surface area contributed by atoms with E-state index in [9.17, 15) is 19.7 Å². The topological polar surface area (TPSA) is 95.7 Å². The van der Waals surface area contributed by atoms with E-state index >= 15 is 0 Å². The van der Waals surface area contributed by atoms with Crippen molar-refractivity contribution >= 4 is 17.4 Å². The number of esters is 1. The molecule has 0 radical (unpaired) electrons. The van der Waals surface area contributed by atoms with Gasteiger partial charge in [0.25, 0.3) is 5.69 Å². The van der Waals surface area contributed by atoms with Gasteiger partial charge >= 0.3 is 5.97 Å². The number of hydrogen-bond donors (Lipinski definition) is 0. The summed E-state index contributed by atoms with van der Waals surface area (Å²) >= 11 is 0. The van der Waals surface area contributed by atoms with Gasteiger partial charge in [0.2, 0.25) is 0 Å². The number of methoxy groups -OCH3 is 1. The number of carbonyl (C=O) groups is 2. The molecule has 114 valence electrons. The molecule has 7 nitrogen and oxygen atoms in total. The van der Waals surface area contributed by atoms with Crippen LogP contribution in [-0.2, 0) is 20.7 Å². The Balaban J connectivity index is 3.15. The molecule has 0 aliphatic carbocycles. The molecule has 0 aliphatic rings. The maximum absolute atomic E-state index is 11.8. The second-order valence-electron chi connectivity index (χ2n) is 4.37. The summed E-state index contributed by atoms with van der Waals surface area (Å²) in [6.07, 6.45) is -0.0956. The largest absolute Gasteiger partial charge is 0.497 e. The first-order valence-electron chi connectivity index (χ1n) is 6.39. The number of hydrogen-bond acceptors (Lipinski definition) is 6. The van der Waals surface area contributed by atoms with Gasteiger partial charge in [-0.05, 0) is 32.4 Å². The quantitative estimate of drug-likeness (QED) is 0.330. The van der Waals surface area contributed by atoms with E-state index in [1.54, 1.807) is 6.92 Å². The average molecular weight is 295 g/mol. The summed E-state index contributed by atoms with van der Waals surface area (Å²) in [6.45, 7) is 3.03. The molecular formula is C14H17NO6. The average Bonchev–Trinajstić information content (AvgIpc) is 2.43. The minimum Gasteiger partial charge on any atom is -0.497 e. The van der Waals surface area contributed by atoms with Crippen molar-refractivity contribution in [3.63, 3.8) is 0 Å². The zero-order valence-corrected chi connectivity index (χ0v) is 12.1. The van der Waals surface area contributed by atoms with Crippen molar-refractivity contribution in [1.29, 1.82) is 0 Å². The van der Waals surface area contributed by atoms with Crippen molar-refractivity contribution < 1.29 is 24.0 Å². The number of nitro groups is 1. The highest BCUT2D eigenvalue weighted by Gasteiger charge is 2.28. The lowest BCUT2D eigenvalue weighted by atomic mass is 9.95. The summed E-state index contributed by atoms with van der Waals surface area (Å²) in [5.74, 6) is -1.72. The molecule has 1 aromatic carbocycles. The standard InChI is InChI=1S/C14H17NO6/c1-4-21-14(17)12(9(2)16)8-10-7-11(20-3)5-6-13(10)15(18)19/h5-7,12H,4,8H2,1-3H3. The van der Waals surface area contributed by atoms with Crippen LogP contribution in [0.15, 0.2) is 18.2 Å². The first kappa shape index (κ1) is 16.6. The first-order valence-corrected chi connectivity index (χ1v) is 6.39. The molecule has 21 heavy (non-hydrogen) atoms. The maximum Gasteiger partial charge on any atom is 0.316 e. The number of ketones is 1. The Hall–Kier alpha value is -2.44. The summed E-state index contributed by atoms with van der Waals surface area (Å²) < 4.78 is 9.85. The molecule has 0 N–H and O–H groups in total. The second kappa shape index (κ2) is 7.37. The van der Waals surface area contributed by atoms with Crippen molar-refractivity contribution in [2.24, 2.45) is 5.92 Å². The third kappa shape index (κ3) is 4.27. The third-order valence-corrected chi connectivity index (χ3v) is 2.97. The molecule has 0 heterocycles. The number of nitrogens with zero attached hydrogens (tertiary/aromatic N) is 1. The van der Waals surface area contributed by atoms with E-state index in [-0.39, 0.29) is 24.3 Å². The molecular weight excluding hydrogens is 278 g/mol. The molecule has 0 amide bonds. The van der Waals surface area contributed by atoms with Crippen molar-refractivity contribution in [2.75, 3.05) is 13.7 Å². The van der Waals surface area contributed by atoms with Gasteiger partial charge in [-0.3, -0.25) is 19.7 Å². The highest BCUT2D eigenvalue weighted by Crippen LogP contribution is 2.27. The van der Waals surface area contributed by atoms with E-state index in [2.05, 4.69) is 0 Å². The summed E-state index contributed by atoms with van der Waals surface area (Å²) in [6, 6.07) is 4.19. The van der Waals surface area contributed by atoms with E-state index in [1.807, 2.05) is 0 Å². The Kier molecular flexibility index (Phi) is 5.83. The second-order valence-corrected chi connectivity index (χ2v) is 4.37. The highest BCUT2D eigenvalue weighted by atomic mass is 16.6. The van der Waals surface area contributed by atoms with Crippen LogP contribution in [-0.4, -0.2) is 30.4 Å². The fourth-order valence-electron chi connectivity index (χ4n) is 1.89. The molecule has 1 atom stereocenters. The van der Waals surface area contributed by atoms with Gasteiger partial charge in [0.15, 0.2) is 0 Å². The van der Waals surface area contributed by atoms with E-state index < -0.39 is 22.6 Å². The van der Waals surface area contributed by atoms with Gasteiger partial charge in [0.05, 0.1) is 18.6 Å². The Morgan fingerprint density at radius 3 is 2.52 bits per heavy atom. The molecule has 0 bridgehead atoms. The lowest BCUT2D eigenvalue weighted by Crippen LogP contribution is -2.26. The molecule has 0 fully saturated rings. The van der Waals surface area contributed by atoms with Crippen molar-refractivity contribution in [3.05, 3.63) is 33.9 Å². The van der Waals surface area contributed by atoms with Crippen LogP contribution < -0.4 is 4.74 Å². The van der Waals surface area contributed by atoms with E-state index in [0.29, 0.717) is 5.75 Å². The van der Waals surface area contributed by atoms with Crippen LogP contribution in [0.25, 0.3) is 0 Å². The number of carbonyl (C=O) groups excluding carboxylic acids is 2. The fourth-order valence-corrected chi connectivity index (χ4v) is 1.89. The molecule has 0 saturated carbocycles. The first-order chi connectivity index (χ1) is 9.90. The van der Waals surface area contributed by atoms with Crippen LogP contribution in [0.3, 0.4) is 0 Å². The molecule has 0 spiro atoms. The number of nitro benzene ring substituents is 1. The molecule has 1 rings (SSSR count). The SMILES string of the molecule is CCOC(=O)C(Cc1cc(OC)ccc1[N+](=O)[O-])C(C)=O. The van der Waals surface area contributed by atoms with Gasteiger partial charge in [-0.1, -0.05) is 0 Å². The number of ether oxygens (including phenoxy) is 2. The van der Waals surface area contributed by atoms with Crippen molar-refractivity contribution in [1.82, 2.24) is 0 Å². The summed E-state index contributed by atoms with van der Waals surface area (Å²) in [5.41, 5.74) is 0.0963. The normalized spacial score (nSPS) is 11.6. The molecule has 0 aromatic heterocycles. The van der Waals surface area contributed by atoms with E-state index in [0.717, 1.165) is 0 Å².